The molecule has 1 N–H and O–H groups in total. The number of hydrogen-bond donors (Lipinski definition) is 1. The van der Waals surface area contributed by atoms with Gasteiger partial charge < -0.3 is 15.1 Å². The minimum Gasteiger partial charge on any atom is -0.356 e. The zero-order valence-corrected chi connectivity index (χ0v) is 17.1. The molecule has 1 atom stereocenters. The van der Waals surface area contributed by atoms with E-state index in [4.69, 9.17) is 11.6 Å². The molecule has 4 rings (SSSR count). The number of hydrogen-bond acceptors (Lipinski definition) is 4. The fourth-order valence-electron chi connectivity index (χ4n) is 4.15. The summed E-state index contributed by atoms with van der Waals surface area (Å²) in [4.78, 5) is 33.6. The Bertz CT molecular complexity index is 731. The molecule has 3 fully saturated rings. The van der Waals surface area contributed by atoms with Gasteiger partial charge in [0.2, 0.25) is 5.91 Å². The van der Waals surface area contributed by atoms with Crippen molar-refractivity contribution in [2.24, 2.45) is 11.8 Å². The van der Waals surface area contributed by atoms with E-state index >= 15 is 0 Å². The van der Waals surface area contributed by atoms with Gasteiger partial charge in [-0.15, -0.1) is 0 Å². The van der Waals surface area contributed by atoms with Crippen LogP contribution in [0.5, 0.6) is 0 Å². The zero-order valence-electron chi connectivity index (χ0n) is 16.3. The minimum atomic E-state index is -0.0278. The van der Waals surface area contributed by atoms with Crippen LogP contribution in [0.2, 0.25) is 5.02 Å². The van der Waals surface area contributed by atoms with Crippen LogP contribution in [0.25, 0.3) is 0 Å². The number of carbonyl (C=O) groups excluding carboxylic acids is 2. The van der Waals surface area contributed by atoms with Gasteiger partial charge in [0.15, 0.2) is 0 Å². The van der Waals surface area contributed by atoms with Crippen LogP contribution in [0.3, 0.4) is 0 Å². The summed E-state index contributed by atoms with van der Waals surface area (Å²) in [7, 11) is 0. The Balaban J connectivity index is 1.40. The van der Waals surface area contributed by atoms with Gasteiger partial charge in [0.25, 0.3) is 5.91 Å². The van der Waals surface area contributed by atoms with E-state index in [1.165, 1.54) is 19.3 Å². The number of piperidine rings is 2. The molecule has 2 aliphatic heterocycles. The second-order valence-electron chi connectivity index (χ2n) is 8.36. The number of amides is 2. The van der Waals surface area contributed by atoms with Crippen LogP contribution in [-0.4, -0.2) is 54.4 Å². The molecule has 2 saturated heterocycles. The molecule has 152 valence electrons. The number of pyridine rings is 1. The van der Waals surface area contributed by atoms with Crippen LogP contribution in [0.15, 0.2) is 12.3 Å². The zero-order chi connectivity index (χ0) is 19.5. The Morgan fingerprint density at radius 3 is 2.61 bits per heavy atom. The van der Waals surface area contributed by atoms with Crippen LogP contribution in [0, 0.1) is 11.8 Å². The van der Waals surface area contributed by atoms with Gasteiger partial charge in [-0.05, 0) is 56.9 Å². The second-order valence-corrected chi connectivity index (χ2v) is 8.76. The van der Waals surface area contributed by atoms with Crippen molar-refractivity contribution in [1.82, 2.24) is 15.2 Å². The fourth-order valence-corrected chi connectivity index (χ4v) is 4.44. The summed E-state index contributed by atoms with van der Waals surface area (Å²) in [5.41, 5.74) is 0.548. The highest BCUT2D eigenvalue weighted by atomic mass is 35.5. The number of rotatable bonds is 5. The summed E-state index contributed by atoms with van der Waals surface area (Å²) >= 11 is 6.51. The number of carbonyl (C=O) groups is 2. The number of halogens is 1. The maximum absolute atomic E-state index is 12.7. The summed E-state index contributed by atoms with van der Waals surface area (Å²) in [5.74, 6) is 1.49. The van der Waals surface area contributed by atoms with Crippen LogP contribution in [0.4, 0.5) is 5.82 Å². The van der Waals surface area contributed by atoms with Crippen LogP contribution >= 0.6 is 11.6 Å². The third-order valence-electron chi connectivity index (χ3n) is 6.07. The SMILES string of the molecule is O=C(NCC1CC1)C1CCCN(c2ncc(C(=O)N3CCCCC3)cc2Cl)C1. The second kappa shape index (κ2) is 8.68. The Labute approximate surface area is 171 Å². The predicted octanol–water partition coefficient (Wildman–Crippen LogP) is 3.10. The molecule has 6 nitrogen and oxygen atoms in total. The lowest BCUT2D eigenvalue weighted by Gasteiger charge is -2.33. The molecule has 28 heavy (non-hydrogen) atoms. The summed E-state index contributed by atoms with van der Waals surface area (Å²) in [6.45, 7) is 3.88. The van der Waals surface area contributed by atoms with Gasteiger partial charge in [-0.3, -0.25) is 9.59 Å². The highest BCUT2D eigenvalue weighted by molar-refractivity contribution is 6.33. The van der Waals surface area contributed by atoms with Crippen molar-refractivity contribution >= 4 is 29.2 Å². The largest absolute Gasteiger partial charge is 0.356 e. The van der Waals surface area contributed by atoms with Crippen LogP contribution < -0.4 is 10.2 Å². The lowest BCUT2D eigenvalue weighted by Crippen LogP contribution is -2.44. The van der Waals surface area contributed by atoms with E-state index in [-0.39, 0.29) is 17.7 Å². The van der Waals surface area contributed by atoms with E-state index in [0.29, 0.717) is 28.9 Å². The third kappa shape index (κ3) is 4.59. The van der Waals surface area contributed by atoms with Crippen LogP contribution in [-0.2, 0) is 4.79 Å². The third-order valence-corrected chi connectivity index (χ3v) is 6.34. The van der Waals surface area contributed by atoms with Crippen molar-refractivity contribution in [3.05, 3.63) is 22.8 Å². The molecule has 0 aromatic carbocycles. The standard InChI is InChI=1S/C21H29ClN4O2/c22-18-11-17(21(28)25-8-2-1-3-9-25)13-23-19(18)26-10-4-5-16(14-26)20(27)24-12-15-6-7-15/h11,13,15-16H,1-10,12,14H2,(H,24,27). The number of nitrogens with zero attached hydrogens (tertiary/aromatic N) is 3. The van der Waals surface area contributed by atoms with Crippen molar-refractivity contribution in [1.29, 1.82) is 0 Å². The monoisotopic (exact) mass is 404 g/mol. The number of nitrogens with one attached hydrogen (secondary N) is 1. The van der Waals surface area contributed by atoms with E-state index in [9.17, 15) is 9.59 Å². The number of aromatic nitrogens is 1. The molecular formula is C21H29ClN4O2. The Hall–Kier alpha value is -1.82. The minimum absolute atomic E-state index is 0.0108. The first-order chi connectivity index (χ1) is 13.6. The van der Waals surface area contributed by atoms with Gasteiger partial charge in [0.1, 0.15) is 5.82 Å². The molecule has 1 saturated carbocycles. The van der Waals surface area contributed by atoms with E-state index in [1.54, 1.807) is 12.3 Å². The van der Waals surface area contributed by atoms with Crippen molar-refractivity contribution in [2.75, 3.05) is 37.6 Å². The average molecular weight is 405 g/mol. The van der Waals surface area contributed by atoms with Gasteiger partial charge in [-0.25, -0.2) is 4.98 Å². The maximum atomic E-state index is 12.7. The molecule has 1 aromatic heterocycles. The summed E-state index contributed by atoms with van der Waals surface area (Å²) in [6, 6.07) is 1.73. The lowest BCUT2D eigenvalue weighted by molar-refractivity contribution is -0.125. The van der Waals surface area contributed by atoms with Gasteiger partial charge in [-0.1, -0.05) is 11.6 Å². The molecule has 0 spiro atoms. The average Bonchev–Trinajstić information content (AvgIpc) is 3.56. The topological polar surface area (TPSA) is 65.5 Å². The van der Waals surface area contributed by atoms with Crippen molar-refractivity contribution in [2.45, 2.75) is 44.9 Å². The number of likely N-dealkylation sites (tertiary alicyclic amines) is 1. The molecule has 0 radical (unpaired) electrons. The van der Waals surface area contributed by atoms with Gasteiger partial charge in [0, 0.05) is 38.9 Å². The molecular weight excluding hydrogens is 376 g/mol. The molecule has 1 unspecified atom stereocenters. The highest BCUT2D eigenvalue weighted by Crippen LogP contribution is 2.30. The molecule has 2 amide bonds. The first-order valence-electron chi connectivity index (χ1n) is 10.6. The van der Waals surface area contributed by atoms with Gasteiger partial charge in [0.05, 0.1) is 16.5 Å². The summed E-state index contributed by atoms with van der Waals surface area (Å²) in [6.07, 6.45) is 9.25. The van der Waals surface area contributed by atoms with Crippen LogP contribution in [0.1, 0.15) is 55.3 Å². The maximum Gasteiger partial charge on any atom is 0.255 e. The van der Waals surface area contributed by atoms with E-state index < -0.39 is 0 Å². The Kier molecular flexibility index (Phi) is 6.04. The number of anilines is 1. The fraction of sp³-hybridized carbons (Fsp3) is 0.667. The molecule has 3 aliphatic rings. The smallest absolute Gasteiger partial charge is 0.255 e. The van der Waals surface area contributed by atoms with E-state index in [1.807, 2.05) is 4.90 Å². The normalized spacial score (nSPS) is 22.8. The summed E-state index contributed by atoms with van der Waals surface area (Å²) in [5, 5.41) is 3.58. The van der Waals surface area contributed by atoms with Gasteiger partial charge >= 0.3 is 0 Å². The first kappa shape index (κ1) is 19.5. The predicted molar refractivity (Wildman–Crippen MR) is 110 cm³/mol. The van der Waals surface area contributed by atoms with Crippen molar-refractivity contribution in [3.63, 3.8) is 0 Å². The summed E-state index contributed by atoms with van der Waals surface area (Å²) < 4.78 is 0. The van der Waals surface area contributed by atoms with E-state index in [2.05, 4.69) is 15.2 Å². The van der Waals surface area contributed by atoms with Crippen molar-refractivity contribution in [3.8, 4) is 0 Å². The quantitative estimate of drug-likeness (QED) is 0.818. The first-order valence-corrected chi connectivity index (χ1v) is 11.0. The highest BCUT2D eigenvalue weighted by Gasteiger charge is 2.29. The lowest BCUT2D eigenvalue weighted by atomic mass is 9.97. The Morgan fingerprint density at radius 1 is 1.11 bits per heavy atom. The molecule has 3 heterocycles. The molecule has 0 bridgehead atoms. The molecule has 1 aliphatic carbocycles. The van der Waals surface area contributed by atoms with Crippen molar-refractivity contribution < 1.29 is 9.59 Å². The van der Waals surface area contributed by atoms with E-state index in [0.717, 1.165) is 51.9 Å². The molecule has 7 heteroatoms. The Morgan fingerprint density at radius 2 is 1.89 bits per heavy atom. The van der Waals surface area contributed by atoms with Gasteiger partial charge in [-0.2, -0.15) is 0 Å². The molecule has 1 aromatic rings.